The highest BCUT2D eigenvalue weighted by atomic mass is 16.2. The smallest absolute Gasteiger partial charge is 0.261 e. The monoisotopic (exact) mass is 376 g/mol. The quantitative estimate of drug-likeness (QED) is 0.743. The third-order valence-corrected chi connectivity index (χ3v) is 5.57. The minimum atomic E-state index is 0.0147. The van der Waals surface area contributed by atoms with E-state index in [1.54, 1.807) is 17.1 Å². The highest BCUT2D eigenvalue weighted by Crippen LogP contribution is 2.29. The second-order valence-corrected chi connectivity index (χ2v) is 7.48. The van der Waals surface area contributed by atoms with Crippen LogP contribution in [0.4, 0.5) is 0 Å². The molecule has 0 saturated heterocycles. The molecule has 1 aliphatic rings. The second-order valence-electron chi connectivity index (χ2n) is 7.48. The molecule has 1 fully saturated rings. The summed E-state index contributed by atoms with van der Waals surface area (Å²) in [5.74, 6) is 0.556. The summed E-state index contributed by atoms with van der Waals surface area (Å²) in [4.78, 5) is 33.7. The van der Waals surface area contributed by atoms with Gasteiger partial charge in [-0.15, -0.1) is 0 Å². The minimum Gasteiger partial charge on any atom is -0.350 e. The average Bonchev–Trinajstić information content (AvgIpc) is 2.75. The Hall–Kier alpha value is -3.02. The van der Waals surface area contributed by atoms with Crippen molar-refractivity contribution in [3.8, 4) is 0 Å². The Morgan fingerprint density at radius 3 is 2.61 bits per heavy atom. The van der Waals surface area contributed by atoms with Gasteiger partial charge in [0.05, 0.1) is 29.5 Å². The Morgan fingerprint density at radius 1 is 1.04 bits per heavy atom. The van der Waals surface area contributed by atoms with Gasteiger partial charge in [-0.25, -0.2) is 4.98 Å². The van der Waals surface area contributed by atoms with Gasteiger partial charge in [0.25, 0.3) is 5.56 Å². The first kappa shape index (κ1) is 18.3. The molecule has 3 aromatic rings. The van der Waals surface area contributed by atoms with E-state index < -0.39 is 0 Å². The normalized spacial score (nSPS) is 19.4. The topological polar surface area (TPSA) is 76.9 Å². The van der Waals surface area contributed by atoms with Gasteiger partial charge in [0, 0.05) is 18.7 Å². The van der Waals surface area contributed by atoms with Gasteiger partial charge in [0.2, 0.25) is 5.91 Å². The van der Waals surface area contributed by atoms with Crippen LogP contribution in [0.3, 0.4) is 0 Å². The molecule has 6 heteroatoms. The standard InChI is InChI=1S/C22H24N4O2/c27-21(24-13-18-5-3-4-12-23-18)17-10-8-16(9-11-17)14-26-15-25-20-7-2-1-6-19(20)22(26)28/h1-7,12,15-17H,8-11,13-14H2,(H,24,27). The Labute approximate surface area is 163 Å². The number of hydrogen-bond acceptors (Lipinski definition) is 4. The molecule has 1 saturated carbocycles. The number of nitrogens with zero attached hydrogens (tertiary/aromatic N) is 3. The summed E-state index contributed by atoms with van der Waals surface area (Å²) in [7, 11) is 0. The lowest BCUT2D eigenvalue weighted by Gasteiger charge is -2.28. The summed E-state index contributed by atoms with van der Waals surface area (Å²) in [5.41, 5.74) is 1.62. The van der Waals surface area contributed by atoms with E-state index in [-0.39, 0.29) is 17.4 Å². The average molecular weight is 376 g/mol. The summed E-state index contributed by atoms with van der Waals surface area (Å²) in [5, 5.41) is 3.66. The molecule has 4 rings (SSSR count). The third kappa shape index (κ3) is 4.11. The van der Waals surface area contributed by atoms with Crippen LogP contribution in [0, 0.1) is 11.8 Å². The van der Waals surface area contributed by atoms with Crippen molar-refractivity contribution in [3.63, 3.8) is 0 Å². The number of aromatic nitrogens is 3. The molecule has 0 radical (unpaired) electrons. The molecule has 28 heavy (non-hydrogen) atoms. The fourth-order valence-electron chi connectivity index (χ4n) is 3.95. The van der Waals surface area contributed by atoms with Gasteiger partial charge in [0.1, 0.15) is 0 Å². The number of carbonyl (C=O) groups is 1. The van der Waals surface area contributed by atoms with Crippen LogP contribution in [0.5, 0.6) is 0 Å². The van der Waals surface area contributed by atoms with Gasteiger partial charge >= 0.3 is 0 Å². The Bertz CT molecular complexity index is 1010. The van der Waals surface area contributed by atoms with Crippen LogP contribution >= 0.6 is 0 Å². The third-order valence-electron chi connectivity index (χ3n) is 5.57. The van der Waals surface area contributed by atoms with Crippen molar-refractivity contribution >= 4 is 16.8 Å². The van der Waals surface area contributed by atoms with Gasteiger partial charge in [0.15, 0.2) is 0 Å². The van der Waals surface area contributed by atoms with Gasteiger partial charge < -0.3 is 5.32 Å². The number of rotatable bonds is 5. The molecule has 1 amide bonds. The number of carbonyl (C=O) groups excluding carboxylic acids is 1. The zero-order valence-electron chi connectivity index (χ0n) is 15.8. The Kier molecular flexibility index (Phi) is 5.46. The number of fused-ring (bicyclic) bond motifs is 1. The van der Waals surface area contributed by atoms with Crippen molar-refractivity contribution in [1.29, 1.82) is 0 Å². The highest BCUT2D eigenvalue weighted by molar-refractivity contribution is 5.78. The molecular formula is C22H24N4O2. The molecule has 1 N–H and O–H groups in total. The van der Waals surface area contributed by atoms with Crippen LogP contribution in [0.2, 0.25) is 0 Å². The fraction of sp³-hybridized carbons (Fsp3) is 0.364. The Morgan fingerprint density at radius 2 is 1.82 bits per heavy atom. The first-order chi connectivity index (χ1) is 13.7. The van der Waals surface area contributed by atoms with Crippen LogP contribution in [0.15, 0.2) is 59.8 Å². The van der Waals surface area contributed by atoms with E-state index in [9.17, 15) is 9.59 Å². The summed E-state index contributed by atoms with van der Waals surface area (Å²) in [6.07, 6.45) is 6.98. The predicted molar refractivity (Wildman–Crippen MR) is 108 cm³/mol. The van der Waals surface area contributed by atoms with E-state index in [1.807, 2.05) is 42.5 Å². The van der Waals surface area contributed by atoms with Gasteiger partial charge in [-0.05, 0) is 55.9 Å². The summed E-state index contributed by atoms with van der Waals surface area (Å²) >= 11 is 0. The summed E-state index contributed by atoms with van der Waals surface area (Å²) in [6.45, 7) is 1.14. The van der Waals surface area contributed by atoms with Gasteiger partial charge in [-0.2, -0.15) is 0 Å². The largest absolute Gasteiger partial charge is 0.350 e. The van der Waals surface area contributed by atoms with E-state index >= 15 is 0 Å². The molecule has 0 atom stereocenters. The fourth-order valence-corrected chi connectivity index (χ4v) is 3.95. The zero-order chi connectivity index (χ0) is 19.3. The van der Waals surface area contributed by atoms with Crippen LogP contribution in [-0.2, 0) is 17.9 Å². The van der Waals surface area contributed by atoms with E-state index in [1.165, 1.54) is 0 Å². The highest BCUT2D eigenvalue weighted by Gasteiger charge is 2.26. The molecule has 2 heterocycles. The lowest BCUT2D eigenvalue weighted by atomic mass is 9.81. The van der Waals surface area contributed by atoms with Crippen molar-refractivity contribution in [1.82, 2.24) is 19.9 Å². The molecule has 0 spiro atoms. The molecule has 0 bridgehead atoms. The van der Waals surface area contributed by atoms with Gasteiger partial charge in [-0.3, -0.25) is 19.1 Å². The van der Waals surface area contributed by atoms with Crippen molar-refractivity contribution in [2.24, 2.45) is 11.8 Å². The van der Waals surface area contributed by atoms with E-state index in [0.29, 0.717) is 24.4 Å². The van der Waals surface area contributed by atoms with Crippen LogP contribution < -0.4 is 10.9 Å². The van der Waals surface area contributed by atoms with Crippen LogP contribution in [0.25, 0.3) is 10.9 Å². The first-order valence-corrected chi connectivity index (χ1v) is 9.82. The molecule has 0 unspecified atom stereocenters. The van der Waals surface area contributed by atoms with Crippen LogP contribution in [-0.4, -0.2) is 20.4 Å². The SMILES string of the molecule is O=C(NCc1ccccn1)C1CCC(Cn2cnc3ccccc3c2=O)CC1. The van der Waals surface area contributed by atoms with Gasteiger partial charge in [-0.1, -0.05) is 18.2 Å². The molecular weight excluding hydrogens is 352 g/mol. The van der Waals surface area contributed by atoms with E-state index in [0.717, 1.165) is 36.9 Å². The maximum Gasteiger partial charge on any atom is 0.261 e. The molecule has 1 aliphatic carbocycles. The minimum absolute atomic E-state index is 0.0147. The van der Waals surface area contributed by atoms with Crippen molar-refractivity contribution in [2.45, 2.75) is 38.8 Å². The molecule has 144 valence electrons. The van der Waals surface area contributed by atoms with E-state index in [2.05, 4.69) is 15.3 Å². The zero-order valence-corrected chi connectivity index (χ0v) is 15.8. The lowest BCUT2D eigenvalue weighted by Crippen LogP contribution is -2.34. The summed E-state index contributed by atoms with van der Waals surface area (Å²) in [6, 6.07) is 13.1. The predicted octanol–water partition coefficient (Wildman–Crippen LogP) is 2.91. The molecule has 2 aromatic heterocycles. The molecule has 0 aliphatic heterocycles. The van der Waals surface area contributed by atoms with Crippen molar-refractivity contribution < 1.29 is 4.79 Å². The summed E-state index contributed by atoms with van der Waals surface area (Å²) < 4.78 is 1.72. The number of benzene rings is 1. The molecule has 6 nitrogen and oxygen atoms in total. The number of pyridine rings is 1. The second kappa shape index (κ2) is 8.33. The van der Waals surface area contributed by atoms with Crippen molar-refractivity contribution in [3.05, 3.63) is 71.0 Å². The number of hydrogen-bond donors (Lipinski definition) is 1. The first-order valence-electron chi connectivity index (χ1n) is 9.82. The van der Waals surface area contributed by atoms with Crippen LogP contribution in [0.1, 0.15) is 31.4 Å². The van der Waals surface area contributed by atoms with E-state index in [4.69, 9.17) is 0 Å². The Balaban J connectivity index is 1.31. The van der Waals surface area contributed by atoms with Crippen molar-refractivity contribution in [2.75, 3.05) is 0 Å². The maximum atomic E-state index is 12.6. The number of amides is 1. The molecule has 1 aromatic carbocycles. The lowest BCUT2D eigenvalue weighted by molar-refractivity contribution is -0.126. The maximum absolute atomic E-state index is 12.6. The number of para-hydroxylation sites is 1. The number of nitrogens with one attached hydrogen (secondary N) is 1.